The second-order valence-electron chi connectivity index (χ2n) is 6.86. The molecule has 168 valence electrons. The molecule has 1 aliphatic heterocycles. The third-order valence-electron chi connectivity index (χ3n) is 4.34. The number of hydrogen-bond donors (Lipinski definition) is 1. The Labute approximate surface area is 172 Å². The summed E-state index contributed by atoms with van der Waals surface area (Å²) >= 11 is 0. The van der Waals surface area contributed by atoms with Crippen molar-refractivity contribution in [3.8, 4) is 0 Å². The minimum absolute atomic E-state index is 0.255. The monoisotopic (exact) mass is 435 g/mol. The molecule has 0 amide bonds. The first-order chi connectivity index (χ1) is 14.0. The smallest absolute Gasteiger partial charge is 0.152 e. The van der Waals surface area contributed by atoms with Crippen molar-refractivity contribution in [2.45, 2.75) is 18.3 Å². The van der Waals surface area contributed by atoms with E-state index in [2.05, 4.69) is 10.3 Å². The molecule has 1 aromatic heterocycles. The summed E-state index contributed by atoms with van der Waals surface area (Å²) in [5.74, 6) is 0. The maximum Gasteiger partial charge on any atom is 0.152 e. The zero-order chi connectivity index (χ0) is 21.0. The van der Waals surface area contributed by atoms with Crippen LogP contribution in [0.25, 0.3) is 0 Å². The first kappa shape index (κ1) is 24.1. The Hall–Kier alpha value is -1.15. The number of rotatable bonds is 17. The van der Waals surface area contributed by atoms with Crippen LogP contribution in [-0.4, -0.2) is 112 Å². The highest BCUT2D eigenvalue weighted by molar-refractivity contribution is 7.91. The molecule has 0 radical (unpaired) electrons. The Morgan fingerprint density at radius 2 is 1.55 bits per heavy atom. The minimum Gasteiger partial charge on any atom is -0.378 e. The maximum atomic E-state index is 11.4. The van der Waals surface area contributed by atoms with Gasteiger partial charge in [-0.15, -0.1) is 5.10 Å². The summed E-state index contributed by atoms with van der Waals surface area (Å²) in [5.41, 5.74) is 6.14. The molecule has 0 bridgehead atoms. The molecular formula is C17H33N5O6S. The van der Waals surface area contributed by atoms with E-state index >= 15 is 0 Å². The molecule has 0 spiro atoms. The highest BCUT2D eigenvalue weighted by atomic mass is 32.2. The topological polar surface area (TPSA) is 131 Å². The van der Waals surface area contributed by atoms with Crippen molar-refractivity contribution in [2.24, 2.45) is 5.73 Å². The molecule has 2 N–H and O–H groups in total. The zero-order valence-electron chi connectivity index (χ0n) is 17.1. The third kappa shape index (κ3) is 9.94. The van der Waals surface area contributed by atoms with E-state index < -0.39 is 9.84 Å². The molecule has 0 unspecified atom stereocenters. The number of sulfone groups is 1. The largest absolute Gasteiger partial charge is 0.378 e. The number of hydrogen-bond acceptors (Lipinski definition) is 10. The van der Waals surface area contributed by atoms with E-state index in [4.69, 9.17) is 24.7 Å². The van der Waals surface area contributed by atoms with Crippen molar-refractivity contribution in [1.82, 2.24) is 19.9 Å². The normalized spacial score (nSPS) is 15.7. The first-order valence-electron chi connectivity index (χ1n) is 9.80. The van der Waals surface area contributed by atoms with Crippen molar-refractivity contribution in [1.29, 1.82) is 0 Å². The fourth-order valence-electron chi connectivity index (χ4n) is 2.67. The van der Waals surface area contributed by atoms with Crippen molar-refractivity contribution in [2.75, 3.05) is 78.7 Å². The van der Waals surface area contributed by atoms with Gasteiger partial charge < -0.3 is 24.7 Å². The van der Waals surface area contributed by atoms with E-state index in [0.717, 1.165) is 5.69 Å². The molecule has 0 atom stereocenters. The quantitative estimate of drug-likeness (QED) is 0.289. The van der Waals surface area contributed by atoms with E-state index in [0.29, 0.717) is 85.6 Å². The van der Waals surface area contributed by atoms with Gasteiger partial charge in [0.1, 0.15) is 0 Å². The highest BCUT2D eigenvalue weighted by Crippen LogP contribution is 2.17. The number of likely N-dealkylation sites (tertiary alicyclic amines) is 1. The fraction of sp³-hybridized carbons (Fsp3) is 0.882. The van der Waals surface area contributed by atoms with Gasteiger partial charge in [-0.2, -0.15) is 0 Å². The van der Waals surface area contributed by atoms with Crippen LogP contribution in [-0.2, 0) is 41.9 Å². The van der Waals surface area contributed by atoms with Crippen molar-refractivity contribution >= 4 is 9.84 Å². The van der Waals surface area contributed by atoms with Gasteiger partial charge in [-0.05, 0) is 0 Å². The Kier molecular flexibility index (Phi) is 11.0. The molecule has 0 aromatic carbocycles. The first-order valence-corrected chi connectivity index (χ1v) is 11.8. The molecule has 2 heterocycles. The number of nitrogens with zero attached hydrogens (tertiary/aromatic N) is 4. The average molecular weight is 436 g/mol. The van der Waals surface area contributed by atoms with Crippen LogP contribution in [0.5, 0.6) is 0 Å². The van der Waals surface area contributed by atoms with Gasteiger partial charge in [-0.3, -0.25) is 4.90 Å². The summed E-state index contributed by atoms with van der Waals surface area (Å²) in [6.07, 6.45) is 3.15. The van der Waals surface area contributed by atoms with E-state index in [1.165, 1.54) is 6.26 Å². The van der Waals surface area contributed by atoms with Crippen LogP contribution >= 0.6 is 0 Å². The van der Waals surface area contributed by atoms with Gasteiger partial charge in [0.2, 0.25) is 0 Å². The van der Waals surface area contributed by atoms with Crippen LogP contribution < -0.4 is 5.73 Å². The second kappa shape index (κ2) is 13.2. The molecule has 2 rings (SSSR count). The lowest BCUT2D eigenvalue weighted by atomic mass is 10.2. The Balaban J connectivity index is 1.41. The molecule has 12 heteroatoms. The van der Waals surface area contributed by atoms with Crippen LogP contribution in [0.4, 0.5) is 0 Å². The number of nitrogens with two attached hydrogens (primary N) is 1. The van der Waals surface area contributed by atoms with Gasteiger partial charge in [0, 0.05) is 38.6 Å². The van der Waals surface area contributed by atoms with Gasteiger partial charge in [0.25, 0.3) is 0 Å². The summed E-state index contributed by atoms with van der Waals surface area (Å²) in [5, 5.41) is 7.93. The van der Waals surface area contributed by atoms with Crippen LogP contribution in [0.15, 0.2) is 6.20 Å². The Morgan fingerprint density at radius 3 is 2.10 bits per heavy atom. The lowest BCUT2D eigenvalue weighted by Gasteiger charge is -2.37. The van der Waals surface area contributed by atoms with Gasteiger partial charge in [-0.25, -0.2) is 13.1 Å². The van der Waals surface area contributed by atoms with Gasteiger partial charge in [0.05, 0.1) is 70.3 Å². The summed E-state index contributed by atoms with van der Waals surface area (Å²) in [6.45, 7) is 7.05. The Bertz CT molecular complexity index is 665. The summed E-state index contributed by atoms with van der Waals surface area (Å²) < 4.78 is 46.0. The van der Waals surface area contributed by atoms with E-state index in [1.54, 1.807) is 4.68 Å². The lowest BCUT2D eigenvalue weighted by molar-refractivity contribution is -0.00200. The van der Waals surface area contributed by atoms with Gasteiger partial charge in [0.15, 0.2) is 9.84 Å². The minimum atomic E-state index is -2.94. The van der Waals surface area contributed by atoms with Gasteiger partial charge >= 0.3 is 0 Å². The lowest BCUT2D eigenvalue weighted by Crippen LogP contribution is -2.53. The predicted octanol–water partition coefficient (Wildman–Crippen LogP) is -1.47. The SMILES string of the molecule is CS(=O)(=O)C1CN(Cc2cn(CCOCCOCCOCCOCCN)nn2)C1. The summed E-state index contributed by atoms with van der Waals surface area (Å²) in [6, 6.07) is 0. The second-order valence-corrected chi connectivity index (χ2v) is 9.18. The third-order valence-corrected chi connectivity index (χ3v) is 5.85. The summed E-state index contributed by atoms with van der Waals surface area (Å²) in [4.78, 5) is 2.05. The van der Waals surface area contributed by atoms with E-state index in [-0.39, 0.29) is 5.25 Å². The molecule has 1 aromatic rings. The molecular weight excluding hydrogens is 402 g/mol. The molecule has 1 fully saturated rings. The van der Waals surface area contributed by atoms with E-state index in [1.807, 2.05) is 11.1 Å². The molecule has 0 saturated carbocycles. The van der Waals surface area contributed by atoms with E-state index in [9.17, 15) is 8.42 Å². The van der Waals surface area contributed by atoms with Crippen LogP contribution in [0, 0.1) is 0 Å². The van der Waals surface area contributed by atoms with Gasteiger partial charge in [-0.1, -0.05) is 5.21 Å². The molecule has 1 saturated heterocycles. The maximum absolute atomic E-state index is 11.4. The average Bonchev–Trinajstić information content (AvgIpc) is 3.08. The number of ether oxygens (including phenoxy) is 4. The zero-order valence-corrected chi connectivity index (χ0v) is 17.9. The van der Waals surface area contributed by atoms with Crippen LogP contribution in [0.2, 0.25) is 0 Å². The molecule has 11 nitrogen and oxygen atoms in total. The fourth-order valence-corrected chi connectivity index (χ4v) is 3.64. The standard InChI is InChI=1S/C17H33N5O6S/c1-29(23,24)17-14-21(15-17)12-16-13-22(20-19-16)3-5-26-7-9-28-11-10-27-8-6-25-4-2-18/h13,17H,2-12,14-15,18H2,1H3. The highest BCUT2D eigenvalue weighted by Gasteiger charge is 2.34. The molecule has 0 aliphatic carbocycles. The van der Waals surface area contributed by atoms with Crippen molar-refractivity contribution < 1.29 is 27.4 Å². The molecule has 1 aliphatic rings. The van der Waals surface area contributed by atoms with Crippen LogP contribution in [0.1, 0.15) is 5.69 Å². The predicted molar refractivity (Wildman–Crippen MR) is 106 cm³/mol. The number of aromatic nitrogens is 3. The van der Waals surface area contributed by atoms with Crippen LogP contribution in [0.3, 0.4) is 0 Å². The summed E-state index contributed by atoms with van der Waals surface area (Å²) in [7, 11) is -2.94. The Morgan fingerprint density at radius 1 is 1.00 bits per heavy atom. The van der Waals surface area contributed by atoms with Crippen molar-refractivity contribution in [3.63, 3.8) is 0 Å². The van der Waals surface area contributed by atoms with Crippen molar-refractivity contribution in [3.05, 3.63) is 11.9 Å². The molecule has 29 heavy (non-hydrogen) atoms.